The molecule has 29 heavy (non-hydrogen) atoms. The lowest BCUT2D eigenvalue weighted by molar-refractivity contribution is -0.190. The molecule has 3 rings (SSSR count). The number of anilines is 1. The lowest BCUT2D eigenvalue weighted by Crippen LogP contribution is -2.37. The molecule has 0 saturated carbocycles. The van der Waals surface area contributed by atoms with Gasteiger partial charge in [0, 0.05) is 0 Å². The molecule has 0 aliphatic carbocycles. The first-order valence-electron chi connectivity index (χ1n) is 9.73. The summed E-state index contributed by atoms with van der Waals surface area (Å²) in [5.74, 6) is 1.04. The van der Waals surface area contributed by atoms with Gasteiger partial charge in [-0.15, -0.1) is 0 Å². The summed E-state index contributed by atoms with van der Waals surface area (Å²) in [4.78, 5) is 21.1. The van der Waals surface area contributed by atoms with E-state index >= 15 is 0 Å². The Labute approximate surface area is 175 Å². The molecule has 2 aliphatic rings. The number of guanidine groups is 1. The summed E-state index contributed by atoms with van der Waals surface area (Å²) in [5, 5.41) is 14.0. The van der Waals surface area contributed by atoms with Gasteiger partial charge in [-0.1, -0.05) is 39.5 Å². The zero-order valence-corrected chi connectivity index (χ0v) is 18.8. The summed E-state index contributed by atoms with van der Waals surface area (Å²) in [5.41, 5.74) is 12.3. The number of hydrogen-bond acceptors (Lipinski definition) is 10. The van der Waals surface area contributed by atoms with E-state index in [4.69, 9.17) is 32.5 Å². The number of ether oxygens (including phenoxy) is 1. The molecule has 0 aromatic carbocycles. The topological polar surface area (TPSA) is 156 Å². The molecule has 0 amide bonds. The van der Waals surface area contributed by atoms with Crippen LogP contribution in [0.25, 0.3) is 0 Å². The fourth-order valence-electron chi connectivity index (χ4n) is 3.69. The van der Waals surface area contributed by atoms with E-state index in [-0.39, 0.29) is 24.0 Å². The van der Waals surface area contributed by atoms with Gasteiger partial charge < -0.3 is 36.0 Å². The standard InChI is InChI=1S/C17H31N6O4PS/c1-8(2)5-10-13(27-28(25,29)6-9(3)4)12(24)16(26-10)23-7-20-11-14(18)21-17(19)22-15(11)23/h7-10,12-14,16,24H,5-6,18H2,1-4H3,(H,25,29)(H3,19,21,22)/p-1/t10-,12+,13?,14?,16-,28?/m1/s1. The molecule has 2 aliphatic heterocycles. The lowest BCUT2D eigenvalue weighted by Gasteiger charge is -2.35. The summed E-state index contributed by atoms with van der Waals surface area (Å²) >= 11 is 5.23. The Bertz CT molecular complexity index is 816. The summed E-state index contributed by atoms with van der Waals surface area (Å²) in [6.07, 6.45) is -1.53. The number of nitrogens with two attached hydrogens (primary N) is 2. The van der Waals surface area contributed by atoms with Crippen molar-refractivity contribution < 1.29 is 19.3 Å². The summed E-state index contributed by atoms with van der Waals surface area (Å²) in [6, 6.07) is 0. The summed E-state index contributed by atoms with van der Waals surface area (Å²) < 4.78 is 13.6. The van der Waals surface area contributed by atoms with Crippen LogP contribution in [0.1, 0.15) is 52.2 Å². The maximum absolute atomic E-state index is 12.8. The number of aliphatic hydroxyl groups excluding tert-OH is 1. The van der Waals surface area contributed by atoms with E-state index in [0.29, 0.717) is 17.9 Å². The van der Waals surface area contributed by atoms with E-state index in [1.165, 1.54) is 6.33 Å². The van der Waals surface area contributed by atoms with Crippen LogP contribution in [0, 0.1) is 11.8 Å². The second-order valence-corrected chi connectivity index (χ2v) is 11.9. The van der Waals surface area contributed by atoms with Gasteiger partial charge in [0.05, 0.1) is 12.4 Å². The van der Waals surface area contributed by atoms with Crippen molar-refractivity contribution in [2.45, 2.75) is 64.8 Å². The molecule has 1 aromatic rings. The molecule has 0 radical (unpaired) electrons. The minimum Gasteiger partial charge on any atom is -0.801 e. The first-order valence-corrected chi connectivity index (χ1v) is 12.6. The Morgan fingerprint density at radius 1 is 1.41 bits per heavy atom. The number of imidazole rings is 1. The largest absolute Gasteiger partial charge is 0.801 e. The van der Waals surface area contributed by atoms with Crippen molar-refractivity contribution in [3.05, 3.63) is 12.0 Å². The third-order valence-corrected chi connectivity index (χ3v) is 7.23. The Kier molecular flexibility index (Phi) is 6.69. The molecule has 164 valence electrons. The van der Waals surface area contributed by atoms with E-state index < -0.39 is 37.2 Å². The third-order valence-electron chi connectivity index (χ3n) is 4.79. The number of nitrogens with zero attached hydrogens (tertiary/aromatic N) is 3. The van der Waals surface area contributed by atoms with Crippen LogP contribution in [0.3, 0.4) is 0 Å². The highest BCUT2D eigenvalue weighted by atomic mass is 32.5. The number of aliphatic imine (C=N–C) groups is 1. The lowest BCUT2D eigenvalue weighted by atomic mass is 10.0. The molecule has 6 N–H and O–H groups in total. The smallest absolute Gasteiger partial charge is 0.196 e. The van der Waals surface area contributed by atoms with Gasteiger partial charge >= 0.3 is 0 Å². The summed E-state index contributed by atoms with van der Waals surface area (Å²) in [7, 11) is 0. The van der Waals surface area contributed by atoms with Crippen LogP contribution >= 0.6 is 6.49 Å². The second-order valence-electron chi connectivity index (χ2n) is 8.41. The highest BCUT2D eigenvalue weighted by Crippen LogP contribution is 2.47. The van der Waals surface area contributed by atoms with Crippen molar-refractivity contribution in [1.82, 2.24) is 9.55 Å². The number of fused-ring (bicyclic) bond motifs is 1. The SMILES string of the molecule is CC(C)C[C@H]1O[C@@H](n2cnc3c2NC(N)=NC3N)[C@@H](O)C1OP([O-])(=S)CC(C)C. The van der Waals surface area contributed by atoms with Crippen molar-refractivity contribution in [2.24, 2.45) is 28.3 Å². The quantitative estimate of drug-likeness (QED) is 0.441. The molecule has 12 heteroatoms. The fourth-order valence-corrected chi connectivity index (χ4v) is 6.49. The molecule has 3 heterocycles. The van der Waals surface area contributed by atoms with Gasteiger partial charge in [0.1, 0.15) is 29.9 Å². The van der Waals surface area contributed by atoms with Crippen molar-refractivity contribution in [3.8, 4) is 0 Å². The minimum atomic E-state index is -3.32. The van der Waals surface area contributed by atoms with Crippen LogP contribution in [0.5, 0.6) is 0 Å². The Balaban J connectivity index is 1.88. The van der Waals surface area contributed by atoms with Crippen LogP contribution in [0.15, 0.2) is 11.3 Å². The van der Waals surface area contributed by atoms with Crippen LogP contribution < -0.4 is 21.7 Å². The van der Waals surface area contributed by atoms with Crippen LogP contribution in [-0.2, 0) is 21.1 Å². The van der Waals surface area contributed by atoms with E-state index in [9.17, 15) is 10.00 Å². The van der Waals surface area contributed by atoms with Crippen molar-refractivity contribution in [3.63, 3.8) is 0 Å². The van der Waals surface area contributed by atoms with E-state index in [1.807, 2.05) is 27.7 Å². The molecule has 6 atom stereocenters. The molecule has 0 bridgehead atoms. The van der Waals surface area contributed by atoms with Crippen LogP contribution in [0.2, 0.25) is 0 Å². The number of hydrogen-bond donors (Lipinski definition) is 4. The van der Waals surface area contributed by atoms with Crippen LogP contribution in [-0.4, -0.2) is 45.1 Å². The monoisotopic (exact) mass is 445 g/mol. The Hall–Kier alpha value is -1.07. The number of aliphatic hydroxyl groups is 1. The molecule has 3 unspecified atom stereocenters. The normalized spacial score (nSPS) is 31.5. The van der Waals surface area contributed by atoms with Gasteiger partial charge in [0.25, 0.3) is 0 Å². The van der Waals surface area contributed by atoms with E-state index in [1.54, 1.807) is 4.57 Å². The van der Waals surface area contributed by atoms with Gasteiger partial charge in [0.2, 0.25) is 0 Å². The maximum Gasteiger partial charge on any atom is 0.196 e. The van der Waals surface area contributed by atoms with Crippen molar-refractivity contribution in [2.75, 3.05) is 11.5 Å². The average Bonchev–Trinajstić information content (AvgIpc) is 3.09. The molecule has 1 aromatic heterocycles. The molecule has 10 nitrogen and oxygen atoms in total. The van der Waals surface area contributed by atoms with Gasteiger partial charge in [0.15, 0.2) is 12.2 Å². The number of rotatable bonds is 7. The predicted octanol–water partition coefficient (Wildman–Crippen LogP) is 0.596. The maximum atomic E-state index is 12.8. The molecular weight excluding hydrogens is 415 g/mol. The molecular formula is C17H30N6O4PS-. The average molecular weight is 446 g/mol. The second kappa shape index (κ2) is 8.58. The summed E-state index contributed by atoms with van der Waals surface area (Å²) in [6.45, 7) is 4.62. The number of aromatic nitrogens is 2. The Morgan fingerprint density at radius 2 is 2.10 bits per heavy atom. The van der Waals surface area contributed by atoms with Gasteiger partial charge in [-0.05, 0) is 30.9 Å². The third kappa shape index (κ3) is 4.99. The van der Waals surface area contributed by atoms with Crippen LogP contribution in [0.4, 0.5) is 5.82 Å². The number of nitrogens with one attached hydrogen (secondary N) is 1. The Morgan fingerprint density at radius 3 is 2.72 bits per heavy atom. The zero-order valence-electron chi connectivity index (χ0n) is 17.1. The van der Waals surface area contributed by atoms with Crippen molar-refractivity contribution >= 4 is 30.1 Å². The highest BCUT2D eigenvalue weighted by Gasteiger charge is 2.47. The molecule has 1 fully saturated rings. The predicted molar refractivity (Wildman–Crippen MR) is 113 cm³/mol. The van der Waals surface area contributed by atoms with Gasteiger partial charge in [-0.25, -0.2) is 9.98 Å². The van der Waals surface area contributed by atoms with Crippen molar-refractivity contribution in [1.29, 1.82) is 0 Å². The fraction of sp³-hybridized carbons (Fsp3) is 0.765. The zero-order chi connectivity index (χ0) is 21.5. The molecule has 0 spiro atoms. The van der Waals surface area contributed by atoms with E-state index in [0.717, 1.165) is 0 Å². The van der Waals surface area contributed by atoms with E-state index in [2.05, 4.69) is 15.3 Å². The van der Waals surface area contributed by atoms with Gasteiger partial charge in [-0.3, -0.25) is 4.57 Å². The minimum absolute atomic E-state index is 0.116. The molecule has 1 saturated heterocycles. The highest BCUT2D eigenvalue weighted by molar-refractivity contribution is 8.08. The first-order chi connectivity index (χ1) is 13.5. The first kappa shape index (κ1) is 22.6. The van der Waals surface area contributed by atoms with Gasteiger partial charge in [-0.2, -0.15) is 0 Å².